The Balaban J connectivity index is 1.96. The van der Waals surface area contributed by atoms with Gasteiger partial charge in [0.15, 0.2) is 5.82 Å². The molecule has 1 N–H and O–H groups in total. The van der Waals surface area contributed by atoms with Gasteiger partial charge in [-0.2, -0.15) is 5.10 Å². The summed E-state index contributed by atoms with van der Waals surface area (Å²) in [4.78, 5) is 4.47. The van der Waals surface area contributed by atoms with Crippen molar-refractivity contribution in [2.75, 3.05) is 6.54 Å². The Morgan fingerprint density at radius 2 is 2.10 bits per heavy atom. The second-order valence-electron chi connectivity index (χ2n) is 5.24. The fourth-order valence-electron chi connectivity index (χ4n) is 2.45. The molecule has 0 saturated heterocycles. The van der Waals surface area contributed by atoms with Crippen LogP contribution >= 0.6 is 0 Å². The van der Waals surface area contributed by atoms with Gasteiger partial charge in [0.2, 0.25) is 0 Å². The summed E-state index contributed by atoms with van der Waals surface area (Å²) in [7, 11) is 0. The number of hydrogen-bond acceptors (Lipinski definition) is 3. The normalized spacial score (nSPS) is 12.7. The average Bonchev–Trinajstić information content (AvgIpc) is 2.97. The number of nitrogens with one attached hydrogen (secondary N) is 1. The molecule has 0 aliphatic heterocycles. The molecule has 0 amide bonds. The second-order valence-corrected chi connectivity index (χ2v) is 5.24. The zero-order valence-corrected chi connectivity index (χ0v) is 12.5. The summed E-state index contributed by atoms with van der Waals surface area (Å²) < 4.78 is 1.89. The number of aromatic nitrogens is 3. The highest BCUT2D eigenvalue weighted by Gasteiger charge is 2.09. The smallest absolute Gasteiger partial charge is 0.154 e. The molecule has 1 aromatic carbocycles. The Morgan fingerprint density at radius 3 is 2.95 bits per heavy atom. The summed E-state index contributed by atoms with van der Waals surface area (Å²) in [6.07, 6.45) is 4.86. The zero-order chi connectivity index (χ0) is 14.7. The van der Waals surface area contributed by atoms with Crippen molar-refractivity contribution in [2.45, 2.75) is 26.3 Å². The van der Waals surface area contributed by atoms with Gasteiger partial charge in [-0.25, -0.2) is 9.67 Å². The van der Waals surface area contributed by atoms with Gasteiger partial charge < -0.3 is 5.32 Å². The molecule has 21 heavy (non-hydrogen) atoms. The molecule has 2 aromatic heterocycles. The van der Waals surface area contributed by atoms with Gasteiger partial charge in [-0.15, -0.1) is 0 Å². The lowest BCUT2D eigenvalue weighted by Gasteiger charge is -2.14. The molecule has 0 aliphatic carbocycles. The van der Waals surface area contributed by atoms with Gasteiger partial charge in [-0.1, -0.05) is 25.1 Å². The molecule has 4 heteroatoms. The van der Waals surface area contributed by atoms with Gasteiger partial charge in [0.05, 0.1) is 11.7 Å². The number of pyridine rings is 1. The van der Waals surface area contributed by atoms with Crippen LogP contribution in [-0.4, -0.2) is 21.3 Å². The number of fused-ring (bicyclic) bond motifs is 1. The predicted molar refractivity (Wildman–Crippen MR) is 85.6 cm³/mol. The molecule has 0 bridgehead atoms. The monoisotopic (exact) mass is 280 g/mol. The average molecular weight is 280 g/mol. The number of hydrogen-bond donors (Lipinski definition) is 1. The second kappa shape index (κ2) is 6.06. The van der Waals surface area contributed by atoms with Gasteiger partial charge >= 0.3 is 0 Å². The Hall–Kier alpha value is -2.20. The molecule has 0 saturated carbocycles. The molecule has 4 nitrogen and oxygen atoms in total. The minimum atomic E-state index is 0.313. The number of para-hydroxylation sites is 1. The van der Waals surface area contributed by atoms with E-state index >= 15 is 0 Å². The fourth-order valence-corrected chi connectivity index (χ4v) is 2.45. The van der Waals surface area contributed by atoms with E-state index in [4.69, 9.17) is 0 Å². The zero-order valence-electron chi connectivity index (χ0n) is 12.5. The van der Waals surface area contributed by atoms with Gasteiger partial charge in [-0.05, 0) is 43.7 Å². The first-order chi connectivity index (χ1) is 10.3. The molecule has 108 valence electrons. The van der Waals surface area contributed by atoms with Crippen molar-refractivity contribution in [3.05, 3.63) is 54.4 Å². The Morgan fingerprint density at radius 1 is 1.24 bits per heavy atom. The molecule has 1 unspecified atom stereocenters. The van der Waals surface area contributed by atoms with E-state index in [2.05, 4.69) is 53.5 Å². The van der Waals surface area contributed by atoms with Crippen molar-refractivity contribution in [3.8, 4) is 5.82 Å². The summed E-state index contributed by atoms with van der Waals surface area (Å²) in [6, 6.07) is 12.7. The van der Waals surface area contributed by atoms with Crippen LogP contribution in [0.4, 0.5) is 0 Å². The van der Waals surface area contributed by atoms with Gasteiger partial charge in [0.1, 0.15) is 0 Å². The van der Waals surface area contributed by atoms with Crippen molar-refractivity contribution >= 4 is 10.9 Å². The lowest BCUT2D eigenvalue weighted by atomic mass is 10.1. The Labute approximate surface area is 124 Å². The third-order valence-electron chi connectivity index (χ3n) is 3.66. The molecule has 0 fully saturated rings. The predicted octanol–water partition coefficient (Wildman–Crippen LogP) is 3.48. The fraction of sp³-hybridized carbons (Fsp3) is 0.294. The van der Waals surface area contributed by atoms with E-state index in [1.54, 1.807) is 0 Å². The number of benzene rings is 1. The van der Waals surface area contributed by atoms with Crippen LogP contribution in [0.15, 0.2) is 48.8 Å². The van der Waals surface area contributed by atoms with E-state index in [1.165, 1.54) is 5.56 Å². The van der Waals surface area contributed by atoms with Crippen LogP contribution in [0.2, 0.25) is 0 Å². The molecule has 0 aliphatic rings. The standard InChI is InChI=1S/C17H20N4/c1-3-9-18-13(2)14-8-10-19-17(11-14)21-16-7-5-4-6-15(16)12-20-21/h4-8,10-13,18H,3,9H2,1-2H3. The number of nitrogens with zero attached hydrogens (tertiary/aromatic N) is 3. The largest absolute Gasteiger partial charge is 0.310 e. The Kier molecular flexibility index (Phi) is 3.97. The van der Waals surface area contributed by atoms with Crippen molar-refractivity contribution in [1.82, 2.24) is 20.1 Å². The maximum atomic E-state index is 4.47. The summed E-state index contributed by atoms with van der Waals surface area (Å²) in [5.41, 5.74) is 2.31. The van der Waals surface area contributed by atoms with Crippen LogP contribution < -0.4 is 5.32 Å². The molecule has 3 aromatic rings. The minimum Gasteiger partial charge on any atom is -0.310 e. The van der Waals surface area contributed by atoms with Crippen molar-refractivity contribution in [2.24, 2.45) is 0 Å². The third kappa shape index (κ3) is 2.81. The van der Waals surface area contributed by atoms with E-state index in [9.17, 15) is 0 Å². The van der Waals surface area contributed by atoms with Crippen LogP contribution in [0.3, 0.4) is 0 Å². The molecule has 1 atom stereocenters. The molecule has 0 spiro atoms. The van der Waals surface area contributed by atoms with E-state index in [1.807, 2.05) is 29.2 Å². The molecule has 0 radical (unpaired) electrons. The van der Waals surface area contributed by atoms with Crippen LogP contribution in [0, 0.1) is 0 Å². The molecular formula is C17H20N4. The first-order valence-electron chi connectivity index (χ1n) is 7.42. The molecular weight excluding hydrogens is 260 g/mol. The van der Waals surface area contributed by atoms with Crippen LogP contribution in [-0.2, 0) is 0 Å². The summed E-state index contributed by atoms with van der Waals surface area (Å²) in [5, 5.41) is 9.09. The van der Waals surface area contributed by atoms with Crippen molar-refractivity contribution in [1.29, 1.82) is 0 Å². The minimum absolute atomic E-state index is 0.313. The van der Waals surface area contributed by atoms with Crippen LogP contribution in [0.1, 0.15) is 31.9 Å². The highest BCUT2D eigenvalue weighted by atomic mass is 15.3. The topological polar surface area (TPSA) is 42.7 Å². The first-order valence-corrected chi connectivity index (χ1v) is 7.42. The van der Waals surface area contributed by atoms with E-state index < -0.39 is 0 Å². The van der Waals surface area contributed by atoms with E-state index in [0.29, 0.717) is 6.04 Å². The lowest BCUT2D eigenvalue weighted by molar-refractivity contribution is 0.569. The molecule has 2 heterocycles. The highest BCUT2D eigenvalue weighted by Crippen LogP contribution is 2.19. The van der Waals surface area contributed by atoms with Crippen LogP contribution in [0.25, 0.3) is 16.7 Å². The number of rotatable bonds is 5. The van der Waals surface area contributed by atoms with Crippen molar-refractivity contribution < 1.29 is 0 Å². The highest BCUT2D eigenvalue weighted by molar-refractivity contribution is 5.79. The lowest BCUT2D eigenvalue weighted by Crippen LogP contribution is -2.19. The van der Waals surface area contributed by atoms with Gasteiger partial charge in [-0.3, -0.25) is 0 Å². The summed E-state index contributed by atoms with van der Waals surface area (Å²) in [5.74, 6) is 0.860. The maximum absolute atomic E-state index is 4.47. The molecule has 3 rings (SSSR count). The Bertz CT molecular complexity index is 732. The quantitative estimate of drug-likeness (QED) is 0.778. The third-order valence-corrected chi connectivity index (χ3v) is 3.66. The van der Waals surface area contributed by atoms with Crippen molar-refractivity contribution in [3.63, 3.8) is 0 Å². The SMILES string of the molecule is CCCNC(C)c1ccnc(-n2ncc3ccccc32)c1. The summed E-state index contributed by atoms with van der Waals surface area (Å²) in [6.45, 7) is 5.37. The van der Waals surface area contributed by atoms with Gasteiger partial charge in [0.25, 0.3) is 0 Å². The van der Waals surface area contributed by atoms with Crippen LogP contribution in [0.5, 0.6) is 0 Å². The van der Waals surface area contributed by atoms with Gasteiger partial charge in [0, 0.05) is 17.6 Å². The van der Waals surface area contributed by atoms with E-state index in [-0.39, 0.29) is 0 Å². The first kappa shape index (κ1) is 13.8. The summed E-state index contributed by atoms with van der Waals surface area (Å²) >= 11 is 0. The maximum Gasteiger partial charge on any atom is 0.154 e. The van der Waals surface area contributed by atoms with E-state index in [0.717, 1.165) is 29.7 Å².